The van der Waals surface area contributed by atoms with Crippen molar-refractivity contribution in [2.45, 2.75) is 43.6 Å². The number of nitrogens with zero attached hydrogens (tertiary/aromatic N) is 7. The Morgan fingerprint density at radius 2 is 1.89 bits per heavy atom. The molecule has 0 aliphatic rings. The molecular formula is C15H12F3N7OS2. The molecule has 4 aromatic rings. The molecule has 4 rings (SSSR count). The second kappa shape index (κ2) is 6.81. The highest BCUT2D eigenvalue weighted by atomic mass is 32.2. The lowest BCUT2D eigenvalue weighted by atomic mass is 10.2. The molecule has 0 aliphatic heterocycles. The molecule has 8 nitrogen and oxygen atoms in total. The summed E-state index contributed by atoms with van der Waals surface area (Å²) < 4.78 is 45.7. The predicted octanol–water partition coefficient (Wildman–Crippen LogP) is 3.65. The topological polar surface area (TPSA) is 94.9 Å². The van der Waals surface area contributed by atoms with E-state index in [4.69, 9.17) is 4.42 Å². The molecule has 0 unspecified atom stereocenters. The second-order valence-electron chi connectivity index (χ2n) is 5.91. The van der Waals surface area contributed by atoms with Crippen molar-refractivity contribution in [3.05, 3.63) is 38.9 Å². The summed E-state index contributed by atoms with van der Waals surface area (Å²) in [7, 11) is 0. The van der Waals surface area contributed by atoms with Crippen LogP contribution in [0.3, 0.4) is 0 Å². The summed E-state index contributed by atoms with van der Waals surface area (Å²) in [6.07, 6.45) is -4.29. The molecule has 0 radical (unpaired) electrons. The Morgan fingerprint density at radius 1 is 1.11 bits per heavy atom. The van der Waals surface area contributed by atoms with Gasteiger partial charge in [0.05, 0.1) is 17.1 Å². The van der Waals surface area contributed by atoms with Gasteiger partial charge in [-0.3, -0.25) is 0 Å². The van der Waals surface area contributed by atoms with Gasteiger partial charge >= 0.3 is 6.18 Å². The molecule has 146 valence electrons. The van der Waals surface area contributed by atoms with Crippen LogP contribution in [0.4, 0.5) is 13.2 Å². The highest BCUT2D eigenvalue weighted by molar-refractivity contribution is 7.99. The number of hydrogen-bond acceptors (Lipinski definition) is 9. The minimum Gasteiger partial charge on any atom is -0.415 e. The lowest BCUT2D eigenvalue weighted by Gasteiger charge is -2.08. The molecule has 0 atom stereocenters. The zero-order valence-electron chi connectivity index (χ0n) is 14.8. The van der Waals surface area contributed by atoms with Crippen LogP contribution in [0.5, 0.6) is 0 Å². The van der Waals surface area contributed by atoms with Crippen molar-refractivity contribution in [2.24, 2.45) is 0 Å². The van der Waals surface area contributed by atoms with Gasteiger partial charge in [-0.05, 0) is 38.1 Å². The molecular weight excluding hydrogens is 415 g/mol. The number of aromatic nitrogens is 7. The highest BCUT2D eigenvalue weighted by Crippen LogP contribution is 2.33. The monoisotopic (exact) mass is 427 g/mol. The maximum atomic E-state index is 13.1. The van der Waals surface area contributed by atoms with Gasteiger partial charge in [0, 0.05) is 10.9 Å². The van der Waals surface area contributed by atoms with E-state index in [0.717, 1.165) is 22.5 Å². The molecule has 28 heavy (non-hydrogen) atoms. The first-order valence-corrected chi connectivity index (χ1v) is 9.63. The standard InChI is InChI=1S/C15H12F3N7OS2/c1-6-7(2)12(24-25-11(6)21-22-13(25)15(16,17)18)28-14-23-20-10(26-14)4-9-5-27-8(3)19-9/h5H,4H2,1-3H3. The van der Waals surface area contributed by atoms with Gasteiger partial charge in [-0.15, -0.1) is 31.7 Å². The lowest BCUT2D eigenvalue weighted by molar-refractivity contribution is -0.146. The van der Waals surface area contributed by atoms with Crippen LogP contribution in [0, 0.1) is 20.8 Å². The molecule has 4 heterocycles. The number of halogens is 3. The molecule has 13 heteroatoms. The molecule has 0 aliphatic carbocycles. The number of aryl methyl sites for hydroxylation is 2. The molecule has 4 aromatic heterocycles. The Hall–Kier alpha value is -2.54. The quantitative estimate of drug-likeness (QED) is 0.487. The van der Waals surface area contributed by atoms with E-state index in [1.54, 1.807) is 13.8 Å². The van der Waals surface area contributed by atoms with E-state index < -0.39 is 12.0 Å². The van der Waals surface area contributed by atoms with E-state index in [2.05, 4.69) is 30.5 Å². The fraction of sp³-hybridized carbons (Fsp3) is 0.333. The molecule has 0 bridgehead atoms. The average molecular weight is 427 g/mol. The molecule has 0 saturated heterocycles. The van der Waals surface area contributed by atoms with Gasteiger partial charge in [0.2, 0.25) is 5.89 Å². The number of hydrogen-bond donors (Lipinski definition) is 0. The maximum absolute atomic E-state index is 13.1. The normalized spacial score (nSPS) is 12.2. The summed E-state index contributed by atoms with van der Waals surface area (Å²) in [5, 5.41) is 22.1. The van der Waals surface area contributed by atoms with Gasteiger partial charge in [0.15, 0.2) is 5.65 Å². The van der Waals surface area contributed by atoms with Crippen LogP contribution in [0.25, 0.3) is 5.65 Å². The Kier molecular flexibility index (Phi) is 4.57. The number of thiazole rings is 1. The summed E-state index contributed by atoms with van der Waals surface area (Å²) in [4.78, 5) is 4.33. The van der Waals surface area contributed by atoms with Crippen molar-refractivity contribution in [3.63, 3.8) is 0 Å². The van der Waals surface area contributed by atoms with E-state index in [1.165, 1.54) is 11.3 Å². The zero-order chi connectivity index (χ0) is 20.1. The minimum absolute atomic E-state index is 0.0549. The van der Waals surface area contributed by atoms with Crippen molar-refractivity contribution in [2.75, 3.05) is 0 Å². The van der Waals surface area contributed by atoms with Gasteiger partial charge in [-0.2, -0.15) is 22.8 Å². The van der Waals surface area contributed by atoms with Crippen LogP contribution in [0.15, 0.2) is 20.0 Å². The number of rotatable bonds is 4. The van der Waals surface area contributed by atoms with Crippen LogP contribution in [0.1, 0.15) is 33.5 Å². The SMILES string of the molecule is Cc1nc(Cc2nnc(Sc3nn4c(C(F)(F)F)nnc4c(C)c3C)o2)cs1. The first kappa shape index (κ1) is 18.8. The molecule has 0 saturated carbocycles. The van der Waals surface area contributed by atoms with Crippen LogP contribution in [0.2, 0.25) is 0 Å². The largest absolute Gasteiger partial charge is 0.453 e. The third-order valence-electron chi connectivity index (χ3n) is 3.93. The first-order chi connectivity index (χ1) is 13.2. The Bertz CT molecular complexity index is 1160. The van der Waals surface area contributed by atoms with Gasteiger partial charge in [0.25, 0.3) is 11.0 Å². The van der Waals surface area contributed by atoms with Crippen molar-refractivity contribution < 1.29 is 17.6 Å². The molecule has 0 aromatic carbocycles. The van der Waals surface area contributed by atoms with Crippen molar-refractivity contribution >= 4 is 28.7 Å². The summed E-state index contributed by atoms with van der Waals surface area (Å²) >= 11 is 2.51. The lowest BCUT2D eigenvalue weighted by Crippen LogP contribution is -2.13. The fourth-order valence-electron chi connectivity index (χ4n) is 2.45. The van der Waals surface area contributed by atoms with Crippen molar-refractivity contribution in [3.8, 4) is 0 Å². The zero-order valence-corrected chi connectivity index (χ0v) is 16.4. The van der Waals surface area contributed by atoms with Crippen LogP contribution in [-0.2, 0) is 12.6 Å². The second-order valence-corrected chi connectivity index (χ2v) is 7.91. The van der Waals surface area contributed by atoms with Gasteiger partial charge in [0.1, 0.15) is 5.03 Å². The summed E-state index contributed by atoms with van der Waals surface area (Å²) in [5.74, 6) is -0.818. The third kappa shape index (κ3) is 3.46. The van der Waals surface area contributed by atoms with E-state index in [0.29, 0.717) is 33.0 Å². The molecule has 0 fully saturated rings. The van der Waals surface area contributed by atoms with E-state index >= 15 is 0 Å². The summed E-state index contributed by atoms with van der Waals surface area (Å²) in [5.41, 5.74) is 2.07. The molecule has 0 spiro atoms. The van der Waals surface area contributed by atoms with Crippen LogP contribution >= 0.6 is 23.1 Å². The number of fused-ring (bicyclic) bond motifs is 1. The van der Waals surface area contributed by atoms with E-state index in [9.17, 15) is 13.2 Å². The smallest absolute Gasteiger partial charge is 0.415 e. The Labute approximate surface area is 164 Å². The average Bonchev–Trinajstić information content (AvgIpc) is 3.33. The maximum Gasteiger partial charge on any atom is 0.453 e. The van der Waals surface area contributed by atoms with Gasteiger partial charge < -0.3 is 4.42 Å². The van der Waals surface area contributed by atoms with Gasteiger partial charge in [-0.1, -0.05) is 0 Å². The molecule has 0 amide bonds. The Morgan fingerprint density at radius 3 is 2.57 bits per heavy atom. The van der Waals surface area contributed by atoms with Crippen LogP contribution in [-0.4, -0.2) is 35.0 Å². The molecule has 0 N–H and O–H groups in total. The first-order valence-electron chi connectivity index (χ1n) is 7.93. The van der Waals surface area contributed by atoms with Gasteiger partial charge in [-0.25, -0.2) is 4.98 Å². The fourth-order valence-corrected chi connectivity index (χ4v) is 3.88. The van der Waals surface area contributed by atoms with Crippen molar-refractivity contribution in [1.82, 2.24) is 35.0 Å². The third-order valence-corrected chi connectivity index (χ3v) is 5.68. The Balaban J connectivity index is 1.65. The van der Waals surface area contributed by atoms with Crippen molar-refractivity contribution in [1.29, 1.82) is 0 Å². The summed E-state index contributed by atoms with van der Waals surface area (Å²) in [6.45, 7) is 5.30. The minimum atomic E-state index is -4.67. The summed E-state index contributed by atoms with van der Waals surface area (Å²) in [6, 6.07) is 0. The number of alkyl halides is 3. The highest BCUT2D eigenvalue weighted by Gasteiger charge is 2.38. The van der Waals surface area contributed by atoms with E-state index in [-0.39, 0.29) is 10.9 Å². The van der Waals surface area contributed by atoms with Crippen LogP contribution < -0.4 is 0 Å². The predicted molar refractivity (Wildman–Crippen MR) is 93.3 cm³/mol. The van der Waals surface area contributed by atoms with E-state index in [1.807, 2.05) is 12.3 Å².